The van der Waals surface area contributed by atoms with E-state index in [0.29, 0.717) is 12.0 Å². The maximum Gasteiger partial charge on any atom is 1.00 e. The van der Waals surface area contributed by atoms with E-state index in [-0.39, 0.29) is 83.5 Å². The summed E-state index contributed by atoms with van der Waals surface area (Å²) in [6, 6.07) is 5.42. The molecule has 0 heterocycles. The Bertz CT molecular complexity index is 549. The third-order valence-corrected chi connectivity index (χ3v) is 3.15. The van der Waals surface area contributed by atoms with Crippen molar-refractivity contribution in [1.29, 1.82) is 0 Å². The molecular formula is C13H12NNa2O5P. The number of hydrogen-bond acceptors (Lipinski definition) is 6. The maximum atomic E-state index is 11.3. The van der Waals surface area contributed by atoms with Gasteiger partial charge in [0.2, 0.25) is 0 Å². The molecule has 1 aromatic carbocycles. The summed E-state index contributed by atoms with van der Waals surface area (Å²) < 4.78 is 0. The van der Waals surface area contributed by atoms with E-state index in [1.54, 1.807) is 0 Å². The summed E-state index contributed by atoms with van der Waals surface area (Å²) in [6.45, 7) is 0.117. The van der Waals surface area contributed by atoms with Crippen LogP contribution in [0.5, 0.6) is 0 Å². The molecule has 0 radical (unpaired) electrons. The number of benzene rings is 1. The zero-order chi connectivity index (χ0) is 15.2. The van der Waals surface area contributed by atoms with E-state index < -0.39 is 13.5 Å². The van der Waals surface area contributed by atoms with E-state index >= 15 is 0 Å². The van der Waals surface area contributed by atoms with E-state index in [4.69, 9.17) is 11.3 Å². The smallest absolute Gasteiger partial charge is 0.862 e. The van der Waals surface area contributed by atoms with Gasteiger partial charge in [0.1, 0.15) is 7.94 Å². The number of carbonyl (C=O) groups is 1. The number of carbonyl (C=O) groups excluding carboxylic acids is 1. The van der Waals surface area contributed by atoms with Crippen molar-refractivity contribution in [2.24, 2.45) is 4.99 Å². The number of aliphatic imine (C=N–C) groups is 1. The van der Waals surface area contributed by atoms with Gasteiger partial charge in [0.05, 0.1) is 12.1 Å². The molecule has 1 aromatic rings. The molecule has 0 aliphatic heterocycles. The molecule has 9 heteroatoms. The first-order valence-corrected chi connectivity index (χ1v) is 7.24. The molecule has 0 fully saturated rings. The predicted molar refractivity (Wildman–Crippen MR) is 69.1 cm³/mol. The Labute approximate surface area is 173 Å². The number of terminal acetylenes is 1. The molecule has 0 saturated heterocycles. The number of rotatable bonds is 6. The van der Waals surface area contributed by atoms with E-state index in [9.17, 15) is 19.7 Å². The monoisotopic (exact) mass is 339 g/mol. The predicted octanol–water partition coefficient (Wildman–Crippen LogP) is -7.02. The summed E-state index contributed by atoms with van der Waals surface area (Å²) >= 11 is 0. The Morgan fingerprint density at radius 3 is 2.27 bits per heavy atom. The van der Waals surface area contributed by atoms with E-state index in [1.807, 2.05) is 0 Å². The molecule has 1 rings (SSSR count). The third-order valence-electron chi connectivity index (χ3n) is 2.38. The van der Waals surface area contributed by atoms with Crippen LogP contribution in [-0.4, -0.2) is 16.3 Å². The van der Waals surface area contributed by atoms with Crippen LogP contribution in [0.3, 0.4) is 0 Å². The summed E-state index contributed by atoms with van der Waals surface area (Å²) in [5.74, 6) is 2.02. The Morgan fingerprint density at radius 2 is 1.82 bits per heavy atom. The normalized spacial score (nSPS) is 10.9. The van der Waals surface area contributed by atoms with Crippen molar-refractivity contribution in [2.45, 2.75) is 19.4 Å². The summed E-state index contributed by atoms with van der Waals surface area (Å²) in [4.78, 5) is 45.0. The molecule has 0 unspecified atom stereocenters. The molecule has 0 amide bonds. The maximum absolute atomic E-state index is 11.3. The van der Waals surface area contributed by atoms with E-state index in [1.165, 1.54) is 24.3 Å². The molecule has 0 aliphatic carbocycles. The minimum Gasteiger partial charge on any atom is -0.862 e. The van der Waals surface area contributed by atoms with Gasteiger partial charge in [-0.05, 0) is 30.0 Å². The van der Waals surface area contributed by atoms with Crippen molar-refractivity contribution >= 4 is 19.4 Å². The first kappa shape index (κ1) is 24.5. The van der Waals surface area contributed by atoms with Gasteiger partial charge < -0.3 is 19.9 Å². The quantitative estimate of drug-likeness (QED) is 0.182. The first-order valence-electron chi connectivity index (χ1n) is 5.66. The van der Waals surface area contributed by atoms with Crippen molar-refractivity contribution in [3.8, 4) is 12.3 Å². The third kappa shape index (κ3) is 8.76. The minimum absolute atomic E-state index is 0. The van der Waals surface area contributed by atoms with Gasteiger partial charge in [-0.15, -0.1) is 12.3 Å². The molecule has 0 aromatic heterocycles. The molecule has 6 nitrogen and oxygen atoms in total. The van der Waals surface area contributed by atoms with Crippen molar-refractivity contribution in [1.82, 2.24) is 0 Å². The summed E-state index contributed by atoms with van der Waals surface area (Å²) in [5, 5.41) is 11.3. The van der Waals surface area contributed by atoms with E-state index in [2.05, 4.69) is 10.9 Å². The van der Waals surface area contributed by atoms with Gasteiger partial charge in [0.25, 0.3) is 0 Å². The standard InChI is InChI=1S/C13H14NO5P.2Na/c1-2-3-4-12(15)14-9-10-5-7-11(8-6-10)13(16)20(17,18)19;;/h1,5-8H,3-4,9H2,(H,14,15)(H2,17,18,19);;/q;2*+1/p-2. The molecular weight excluding hydrogens is 327 g/mol. The molecule has 0 atom stereocenters. The van der Waals surface area contributed by atoms with Crippen LogP contribution in [0, 0.1) is 12.3 Å². The zero-order valence-corrected chi connectivity index (χ0v) is 17.4. The van der Waals surface area contributed by atoms with Crippen LogP contribution >= 0.6 is 7.94 Å². The number of hydrogen-bond donors (Lipinski definition) is 1. The van der Waals surface area contributed by atoms with Crippen LogP contribution < -0.4 is 74.0 Å². The first-order chi connectivity index (χ1) is 9.34. The van der Waals surface area contributed by atoms with Crippen LogP contribution in [0.1, 0.15) is 28.8 Å². The van der Waals surface area contributed by atoms with Crippen LogP contribution in [-0.2, 0) is 6.54 Å². The fourth-order valence-electron chi connectivity index (χ4n) is 1.35. The van der Waals surface area contributed by atoms with Crippen molar-refractivity contribution < 1.29 is 83.7 Å². The van der Waals surface area contributed by atoms with Gasteiger partial charge in [-0.25, -0.2) is 4.79 Å². The molecule has 1 N–H and O–H groups in total. The van der Waals surface area contributed by atoms with Crippen molar-refractivity contribution in [3.05, 3.63) is 35.4 Å². The van der Waals surface area contributed by atoms with Crippen LogP contribution in [0.2, 0.25) is 0 Å². The average molecular weight is 339 g/mol. The van der Waals surface area contributed by atoms with Gasteiger partial charge in [-0.3, -0.25) is 4.89 Å². The molecule has 0 aliphatic rings. The molecule has 22 heavy (non-hydrogen) atoms. The Hall–Kier alpha value is 0.230. The van der Waals surface area contributed by atoms with Crippen LogP contribution in [0.25, 0.3) is 0 Å². The fraction of sp³-hybridized carbons (Fsp3) is 0.231. The van der Waals surface area contributed by atoms with Gasteiger partial charge in [-0.2, -0.15) is 0 Å². The van der Waals surface area contributed by atoms with Gasteiger partial charge in [0.15, 0.2) is 0 Å². The topological polar surface area (TPSA) is 119 Å². The second kappa shape index (κ2) is 11.7. The van der Waals surface area contributed by atoms with Crippen LogP contribution in [0.15, 0.2) is 29.3 Å². The Balaban J connectivity index is 0. The van der Waals surface area contributed by atoms with Crippen molar-refractivity contribution in [3.63, 3.8) is 0 Å². The summed E-state index contributed by atoms with van der Waals surface area (Å²) in [7, 11) is -5.02. The molecule has 0 bridgehead atoms. The number of nitrogens with zero attached hydrogens (tertiary/aromatic N) is 1. The summed E-state index contributed by atoms with van der Waals surface area (Å²) in [5.41, 5.74) is -0.853. The van der Waals surface area contributed by atoms with Crippen molar-refractivity contribution in [2.75, 3.05) is 0 Å². The Kier molecular flexibility index (Phi) is 13.0. The molecule has 106 valence electrons. The second-order valence-corrected chi connectivity index (χ2v) is 5.38. The molecule has 0 spiro atoms. The minimum atomic E-state index is -5.02. The van der Waals surface area contributed by atoms with E-state index in [0.717, 1.165) is 0 Å². The zero-order valence-electron chi connectivity index (χ0n) is 12.5. The molecule has 0 saturated carbocycles. The van der Waals surface area contributed by atoms with Crippen LogP contribution in [0.4, 0.5) is 0 Å². The average Bonchev–Trinajstić information content (AvgIpc) is 2.41. The SMILES string of the molecule is C#CCCC([O-])=NCc1ccc(C(=O)[P+]([O-])([O-])O)cc1.[Na+].[Na+]. The largest absolute Gasteiger partial charge is 1.00 e. The fourth-order valence-corrected chi connectivity index (χ4v) is 1.83. The second-order valence-electron chi connectivity index (χ2n) is 3.94. The van der Waals surface area contributed by atoms with Gasteiger partial charge in [-0.1, -0.05) is 12.1 Å². The summed E-state index contributed by atoms with van der Waals surface area (Å²) in [6.07, 6.45) is 5.52. The van der Waals surface area contributed by atoms with Gasteiger partial charge >= 0.3 is 64.6 Å². The van der Waals surface area contributed by atoms with Gasteiger partial charge in [0, 0.05) is 6.42 Å². The Morgan fingerprint density at radius 1 is 1.27 bits per heavy atom.